The Kier molecular flexibility index (Phi) is 4.39. The van der Waals surface area contributed by atoms with Gasteiger partial charge in [-0.2, -0.15) is 0 Å². The van der Waals surface area contributed by atoms with Gasteiger partial charge < -0.3 is 10.6 Å². The van der Waals surface area contributed by atoms with Crippen molar-refractivity contribution in [2.45, 2.75) is 12.5 Å². The van der Waals surface area contributed by atoms with Gasteiger partial charge >= 0.3 is 0 Å². The van der Waals surface area contributed by atoms with E-state index in [9.17, 15) is 18.0 Å². The van der Waals surface area contributed by atoms with E-state index in [2.05, 4.69) is 10.6 Å². The number of hydrogen-bond donors (Lipinski definition) is 2. The predicted octanol–water partition coefficient (Wildman–Crippen LogP) is -0.280. The highest BCUT2D eigenvalue weighted by molar-refractivity contribution is 7.91. The summed E-state index contributed by atoms with van der Waals surface area (Å²) in [7, 11) is -3.02. The molecule has 1 atom stereocenters. The van der Waals surface area contributed by atoms with Crippen LogP contribution in [-0.4, -0.2) is 44.3 Å². The number of sulfone groups is 1. The molecule has 2 amide bonds. The van der Waals surface area contributed by atoms with Crippen LogP contribution in [0.3, 0.4) is 0 Å². The van der Waals surface area contributed by atoms with Crippen LogP contribution in [-0.2, 0) is 14.6 Å². The first-order chi connectivity index (χ1) is 9.46. The van der Waals surface area contributed by atoms with Crippen molar-refractivity contribution in [3.63, 3.8) is 0 Å². The molecule has 1 aliphatic rings. The summed E-state index contributed by atoms with van der Waals surface area (Å²) in [6.07, 6.45) is 0.431. The van der Waals surface area contributed by atoms with E-state index in [0.29, 0.717) is 12.0 Å². The SMILES string of the molecule is O=C(CNC(=O)c1ccccc1)N[C@@H]1CCS(=O)(=O)C1. The number of rotatable bonds is 4. The summed E-state index contributed by atoms with van der Waals surface area (Å²) >= 11 is 0. The van der Waals surface area contributed by atoms with Crippen molar-refractivity contribution in [3.8, 4) is 0 Å². The molecule has 1 saturated heterocycles. The van der Waals surface area contributed by atoms with E-state index in [1.165, 1.54) is 0 Å². The van der Waals surface area contributed by atoms with E-state index in [1.54, 1.807) is 30.3 Å². The van der Waals surface area contributed by atoms with E-state index in [1.807, 2.05) is 0 Å². The summed E-state index contributed by atoms with van der Waals surface area (Å²) < 4.78 is 22.5. The first-order valence-corrected chi connectivity index (χ1v) is 8.11. The molecule has 1 fully saturated rings. The first kappa shape index (κ1) is 14.5. The van der Waals surface area contributed by atoms with Gasteiger partial charge in [-0.15, -0.1) is 0 Å². The maximum absolute atomic E-state index is 11.7. The second kappa shape index (κ2) is 6.04. The Morgan fingerprint density at radius 3 is 2.50 bits per heavy atom. The van der Waals surface area contributed by atoms with Crippen LogP contribution in [0.25, 0.3) is 0 Å². The van der Waals surface area contributed by atoms with Crippen LogP contribution in [0, 0.1) is 0 Å². The summed E-state index contributed by atoms with van der Waals surface area (Å²) in [5.41, 5.74) is 0.476. The molecule has 108 valence electrons. The number of nitrogens with one attached hydrogen (secondary N) is 2. The minimum absolute atomic E-state index is 0.0224. The Labute approximate surface area is 117 Å². The summed E-state index contributed by atoms with van der Waals surface area (Å²) in [5.74, 6) is -0.629. The highest BCUT2D eigenvalue weighted by Crippen LogP contribution is 2.10. The van der Waals surface area contributed by atoms with Crippen molar-refractivity contribution >= 4 is 21.7 Å². The standard InChI is InChI=1S/C13H16N2O4S/c16-12(15-11-6-7-20(18,19)9-11)8-14-13(17)10-4-2-1-3-5-10/h1-5,11H,6-9H2,(H,14,17)(H,15,16)/t11-/m1/s1. The average molecular weight is 296 g/mol. The summed E-state index contributed by atoms with van der Waals surface area (Å²) in [5, 5.41) is 5.10. The smallest absolute Gasteiger partial charge is 0.251 e. The van der Waals surface area contributed by atoms with Crippen LogP contribution in [0.1, 0.15) is 16.8 Å². The van der Waals surface area contributed by atoms with Crippen LogP contribution < -0.4 is 10.6 Å². The molecule has 1 aliphatic heterocycles. The van der Waals surface area contributed by atoms with Crippen molar-refractivity contribution in [1.29, 1.82) is 0 Å². The molecule has 0 bridgehead atoms. The van der Waals surface area contributed by atoms with Gasteiger partial charge in [0.25, 0.3) is 5.91 Å². The maximum Gasteiger partial charge on any atom is 0.251 e. The highest BCUT2D eigenvalue weighted by Gasteiger charge is 2.28. The van der Waals surface area contributed by atoms with Crippen LogP contribution >= 0.6 is 0 Å². The molecule has 1 aromatic rings. The van der Waals surface area contributed by atoms with Crippen molar-refractivity contribution in [1.82, 2.24) is 10.6 Å². The number of carbonyl (C=O) groups is 2. The fourth-order valence-electron chi connectivity index (χ4n) is 2.04. The Hall–Kier alpha value is -1.89. The van der Waals surface area contributed by atoms with Crippen molar-refractivity contribution in [2.75, 3.05) is 18.1 Å². The number of hydrogen-bond acceptors (Lipinski definition) is 4. The molecule has 0 spiro atoms. The molecule has 2 N–H and O–H groups in total. The Bertz CT molecular complexity index is 598. The zero-order valence-corrected chi connectivity index (χ0v) is 11.7. The van der Waals surface area contributed by atoms with Gasteiger partial charge in [0.15, 0.2) is 9.84 Å². The summed E-state index contributed by atoms with van der Waals surface area (Å²) in [4.78, 5) is 23.3. The lowest BCUT2D eigenvalue weighted by Crippen LogP contribution is -2.42. The minimum atomic E-state index is -3.02. The van der Waals surface area contributed by atoms with E-state index in [4.69, 9.17) is 0 Å². The molecule has 0 unspecified atom stereocenters. The molecule has 0 radical (unpaired) electrons. The van der Waals surface area contributed by atoms with Gasteiger partial charge in [-0.3, -0.25) is 9.59 Å². The van der Waals surface area contributed by atoms with Crippen LogP contribution in [0.15, 0.2) is 30.3 Å². The number of amides is 2. The van der Waals surface area contributed by atoms with Crippen molar-refractivity contribution < 1.29 is 18.0 Å². The van der Waals surface area contributed by atoms with Gasteiger partial charge in [-0.05, 0) is 18.6 Å². The second-order valence-electron chi connectivity index (χ2n) is 4.72. The van der Waals surface area contributed by atoms with Crippen molar-refractivity contribution in [2.24, 2.45) is 0 Å². The predicted molar refractivity (Wildman–Crippen MR) is 74.0 cm³/mol. The van der Waals surface area contributed by atoms with Crippen molar-refractivity contribution in [3.05, 3.63) is 35.9 Å². The molecule has 2 rings (SSSR count). The molecule has 6 nitrogen and oxygen atoms in total. The fraction of sp³-hybridized carbons (Fsp3) is 0.385. The van der Waals surface area contributed by atoms with E-state index >= 15 is 0 Å². The molecule has 20 heavy (non-hydrogen) atoms. The topological polar surface area (TPSA) is 92.3 Å². The lowest BCUT2D eigenvalue weighted by Gasteiger charge is -2.11. The minimum Gasteiger partial charge on any atom is -0.351 e. The summed E-state index contributed by atoms with van der Waals surface area (Å²) in [6.45, 7) is -0.162. The third kappa shape index (κ3) is 4.06. The summed E-state index contributed by atoms with van der Waals surface area (Å²) in [6, 6.07) is 8.22. The third-order valence-electron chi connectivity index (χ3n) is 3.04. The van der Waals surface area contributed by atoms with E-state index in [0.717, 1.165) is 0 Å². The van der Waals surface area contributed by atoms with Gasteiger partial charge in [0, 0.05) is 11.6 Å². The largest absolute Gasteiger partial charge is 0.351 e. The Morgan fingerprint density at radius 1 is 1.20 bits per heavy atom. The van der Waals surface area contributed by atoms with Crippen LogP contribution in [0.5, 0.6) is 0 Å². The molecule has 0 saturated carbocycles. The normalized spacial score (nSPS) is 20.3. The molecule has 0 aliphatic carbocycles. The number of benzene rings is 1. The van der Waals surface area contributed by atoms with E-state index < -0.39 is 9.84 Å². The van der Waals surface area contributed by atoms with Crippen LogP contribution in [0.4, 0.5) is 0 Å². The lowest BCUT2D eigenvalue weighted by molar-refractivity contribution is -0.120. The van der Waals surface area contributed by atoms with Gasteiger partial charge in [-0.1, -0.05) is 18.2 Å². The van der Waals surface area contributed by atoms with Gasteiger partial charge in [-0.25, -0.2) is 8.42 Å². The zero-order valence-electron chi connectivity index (χ0n) is 10.8. The molecule has 1 aromatic carbocycles. The quantitative estimate of drug-likeness (QED) is 0.799. The van der Waals surface area contributed by atoms with Gasteiger partial charge in [0.05, 0.1) is 18.1 Å². The fourth-order valence-corrected chi connectivity index (χ4v) is 3.71. The second-order valence-corrected chi connectivity index (χ2v) is 6.94. The third-order valence-corrected chi connectivity index (χ3v) is 4.81. The monoisotopic (exact) mass is 296 g/mol. The Balaban J connectivity index is 1.77. The van der Waals surface area contributed by atoms with E-state index in [-0.39, 0.29) is 35.9 Å². The molecular weight excluding hydrogens is 280 g/mol. The van der Waals surface area contributed by atoms with Gasteiger partial charge in [0.1, 0.15) is 0 Å². The maximum atomic E-state index is 11.7. The zero-order chi connectivity index (χ0) is 14.6. The first-order valence-electron chi connectivity index (χ1n) is 6.29. The number of carbonyl (C=O) groups excluding carboxylic acids is 2. The Morgan fingerprint density at radius 2 is 1.90 bits per heavy atom. The molecule has 7 heteroatoms. The highest BCUT2D eigenvalue weighted by atomic mass is 32.2. The molecule has 1 heterocycles. The molecule has 0 aromatic heterocycles. The average Bonchev–Trinajstić information content (AvgIpc) is 2.76. The molecular formula is C13H16N2O4S. The van der Waals surface area contributed by atoms with Gasteiger partial charge in [0.2, 0.25) is 5.91 Å². The van der Waals surface area contributed by atoms with Crippen LogP contribution in [0.2, 0.25) is 0 Å². The lowest BCUT2D eigenvalue weighted by atomic mass is 10.2.